The highest BCUT2D eigenvalue weighted by Gasteiger charge is 2.37. The molecule has 0 spiro atoms. The zero-order valence-electron chi connectivity index (χ0n) is 9.31. The summed E-state index contributed by atoms with van der Waals surface area (Å²) >= 11 is 0. The van der Waals surface area contributed by atoms with Crippen LogP contribution in [0, 0.1) is 11.7 Å². The Bertz CT molecular complexity index is 413. The minimum atomic E-state index is -4.51. The molecule has 1 aromatic rings. The molecule has 0 radical (unpaired) electrons. The second kappa shape index (κ2) is 4.29. The molecule has 0 aromatic heterocycles. The Labute approximate surface area is 96.8 Å². The van der Waals surface area contributed by atoms with Crippen LogP contribution in [-0.2, 0) is 6.18 Å². The summed E-state index contributed by atoms with van der Waals surface area (Å²) in [6.07, 6.45) is -3.68. The molecule has 94 valence electrons. The molecule has 0 amide bonds. The van der Waals surface area contributed by atoms with Gasteiger partial charge in [0.25, 0.3) is 0 Å². The van der Waals surface area contributed by atoms with Crippen LogP contribution < -0.4 is 5.32 Å². The van der Waals surface area contributed by atoms with Crippen molar-refractivity contribution in [2.75, 3.05) is 6.54 Å². The van der Waals surface area contributed by atoms with Crippen LogP contribution in [0.2, 0.25) is 0 Å². The molecule has 0 saturated carbocycles. The zero-order valence-corrected chi connectivity index (χ0v) is 9.31. The third-order valence-electron chi connectivity index (χ3n) is 3.19. The summed E-state index contributed by atoms with van der Waals surface area (Å²) in [5.41, 5.74) is -0.729. The summed E-state index contributed by atoms with van der Waals surface area (Å²) < 4.78 is 51.4. The van der Waals surface area contributed by atoms with Crippen LogP contribution in [0.15, 0.2) is 18.2 Å². The van der Waals surface area contributed by atoms with Gasteiger partial charge in [0, 0.05) is 6.04 Å². The molecule has 2 atom stereocenters. The van der Waals surface area contributed by atoms with Gasteiger partial charge in [-0.25, -0.2) is 4.39 Å². The Hall–Kier alpha value is -1.10. The molecule has 1 aliphatic rings. The van der Waals surface area contributed by atoms with Crippen LogP contribution in [0.1, 0.15) is 30.5 Å². The van der Waals surface area contributed by atoms with Crippen LogP contribution in [0.3, 0.4) is 0 Å². The third kappa shape index (κ3) is 2.44. The number of alkyl halides is 3. The van der Waals surface area contributed by atoms with Gasteiger partial charge < -0.3 is 5.32 Å². The molecule has 1 fully saturated rings. The highest BCUT2D eigenvalue weighted by Crippen LogP contribution is 2.39. The fraction of sp³-hybridized carbons (Fsp3) is 0.500. The van der Waals surface area contributed by atoms with Crippen molar-refractivity contribution in [3.8, 4) is 0 Å². The van der Waals surface area contributed by atoms with E-state index in [1.165, 1.54) is 6.07 Å². The van der Waals surface area contributed by atoms with Crippen molar-refractivity contribution in [2.45, 2.75) is 25.6 Å². The average Bonchev–Trinajstić information content (AvgIpc) is 2.63. The quantitative estimate of drug-likeness (QED) is 0.749. The molecule has 2 rings (SSSR count). The van der Waals surface area contributed by atoms with Gasteiger partial charge in [-0.05, 0) is 36.6 Å². The van der Waals surface area contributed by atoms with Gasteiger partial charge >= 0.3 is 6.18 Å². The standard InChI is InChI=1S/C12H13F4N/c1-7-4-5-17-11(7)9-3-2-8(13)6-10(9)12(14,15)16/h2-3,6-7,11,17H,4-5H2,1H3. The lowest BCUT2D eigenvalue weighted by Crippen LogP contribution is -2.21. The molecule has 5 heteroatoms. The van der Waals surface area contributed by atoms with Gasteiger partial charge in [0.15, 0.2) is 0 Å². The Morgan fingerprint density at radius 3 is 2.53 bits per heavy atom. The van der Waals surface area contributed by atoms with Crippen LogP contribution in [-0.4, -0.2) is 6.54 Å². The number of benzene rings is 1. The third-order valence-corrected chi connectivity index (χ3v) is 3.19. The van der Waals surface area contributed by atoms with E-state index in [1.807, 2.05) is 6.92 Å². The smallest absolute Gasteiger partial charge is 0.310 e. The van der Waals surface area contributed by atoms with E-state index < -0.39 is 17.6 Å². The summed E-state index contributed by atoms with van der Waals surface area (Å²) in [5.74, 6) is -0.728. The van der Waals surface area contributed by atoms with Crippen LogP contribution >= 0.6 is 0 Å². The van der Waals surface area contributed by atoms with Crippen molar-refractivity contribution in [1.29, 1.82) is 0 Å². The van der Waals surface area contributed by atoms with Crippen molar-refractivity contribution < 1.29 is 17.6 Å². The molecule has 1 heterocycles. The summed E-state index contributed by atoms with van der Waals surface area (Å²) in [7, 11) is 0. The first kappa shape index (κ1) is 12.4. The van der Waals surface area contributed by atoms with Crippen molar-refractivity contribution in [3.63, 3.8) is 0 Å². The van der Waals surface area contributed by atoms with Gasteiger partial charge in [-0.15, -0.1) is 0 Å². The first-order valence-corrected chi connectivity index (χ1v) is 5.49. The maximum absolute atomic E-state index is 12.9. The molecule has 0 aliphatic carbocycles. The molecule has 1 aromatic carbocycles. The van der Waals surface area contributed by atoms with Crippen molar-refractivity contribution in [2.24, 2.45) is 5.92 Å². The minimum Gasteiger partial charge on any atom is -0.310 e. The van der Waals surface area contributed by atoms with Crippen molar-refractivity contribution >= 4 is 0 Å². The number of nitrogens with one attached hydrogen (secondary N) is 1. The Kier molecular flexibility index (Phi) is 3.12. The van der Waals surface area contributed by atoms with Crippen LogP contribution in [0.4, 0.5) is 17.6 Å². The van der Waals surface area contributed by atoms with Gasteiger partial charge in [-0.2, -0.15) is 13.2 Å². The Morgan fingerprint density at radius 2 is 2.00 bits per heavy atom. The van der Waals surface area contributed by atoms with Crippen LogP contribution in [0.5, 0.6) is 0 Å². The number of hydrogen-bond acceptors (Lipinski definition) is 1. The van der Waals surface area contributed by atoms with Crippen molar-refractivity contribution in [1.82, 2.24) is 5.32 Å². The fourth-order valence-electron chi connectivity index (χ4n) is 2.30. The van der Waals surface area contributed by atoms with E-state index >= 15 is 0 Å². The van der Waals surface area contributed by atoms with E-state index in [9.17, 15) is 17.6 Å². The SMILES string of the molecule is CC1CCNC1c1ccc(F)cc1C(F)(F)F. The lowest BCUT2D eigenvalue weighted by molar-refractivity contribution is -0.138. The van der Waals surface area contributed by atoms with E-state index in [0.29, 0.717) is 12.6 Å². The van der Waals surface area contributed by atoms with E-state index in [4.69, 9.17) is 0 Å². The minimum absolute atomic E-state index is 0.126. The first-order valence-electron chi connectivity index (χ1n) is 5.49. The normalized spacial score (nSPS) is 25.2. The summed E-state index contributed by atoms with van der Waals surface area (Å²) in [4.78, 5) is 0. The van der Waals surface area contributed by atoms with Gasteiger partial charge in [0.05, 0.1) is 5.56 Å². The van der Waals surface area contributed by atoms with Gasteiger partial charge in [-0.3, -0.25) is 0 Å². The number of rotatable bonds is 1. The molecular weight excluding hydrogens is 234 g/mol. The van der Waals surface area contributed by atoms with E-state index in [2.05, 4.69) is 5.32 Å². The maximum Gasteiger partial charge on any atom is 0.416 e. The van der Waals surface area contributed by atoms with Crippen LogP contribution in [0.25, 0.3) is 0 Å². The lowest BCUT2D eigenvalue weighted by atomic mass is 9.92. The predicted molar refractivity (Wildman–Crippen MR) is 55.9 cm³/mol. The molecule has 17 heavy (non-hydrogen) atoms. The highest BCUT2D eigenvalue weighted by molar-refractivity contribution is 5.34. The fourth-order valence-corrected chi connectivity index (χ4v) is 2.30. The summed E-state index contributed by atoms with van der Waals surface area (Å²) in [5, 5.41) is 3.03. The van der Waals surface area contributed by atoms with Gasteiger partial charge in [0.1, 0.15) is 5.82 Å². The summed E-state index contributed by atoms with van der Waals surface area (Å²) in [6, 6.07) is 2.55. The zero-order chi connectivity index (χ0) is 12.6. The maximum atomic E-state index is 12.9. The Balaban J connectivity index is 2.46. The molecule has 1 N–H and O–H groups in total. The second-order valence-electron chi connectivity index (χ2n) is 4.43. The number of halogens is 4. The van der Waals surface area contributed by atoms with E-state index in [0.717, 1.165) is 12.5 Å². The Morgan fingerprint density at radius 1 is 1.29 bits per heavy atom. The molecule has 1 nitrogen and oxygen atoms in total. The van der Waals surface area contributed by atoms with E-state index in [1.54, 1.807) is 0 Å². The van der Waals surface area contributed by atoms with Gasteiger partial charge in [0.2, 0.25) is 0 Å². The molecule has 0 bridgehead atoms. The largest absolute Gasteiger partial charge is 0.416 e. The van der Waals surface area contributed by atoms with Crippen molar-refractivity contribution in [3.05, 3.63) is 35.1 Å². The highest BCUT2D eigenvalue weighted by atomic mass is 19.4. The average molecular weight is 247 g/mol. The molecule has 1 aliphatic heterocycles. The van der Waals surface area contributed by atoms with E-state index in [-0.39, 0.29) is 17.5 Å². The second-order valence-corrected chi connectivity index (χ2v) is 4.43. The molecule has 2 unspecified atom stereocenters. The monoisotopic (exact) mass is 247 g/mol. The number of hydrogen-bond donors (Lipinski definition) is 1. The van der Waals surface area contributed by atoms with Gasteiger partial charge in [-0.1, -0.05) is 13.0 Å². The summed E-state index contributed by atoms with van der Waals surface area (Å²) in [6.45, 7) is 2.59. The topological polar surface area (TPSA) is 12.0 Å². The molecule has 1 saturated heterocycles. The lowest BCUT2D eigenvalue weighted by Gasteiger charge is -2.21. The predicted octanol–water partition coefficient (Wildman–Crippen LogP) is 3.52. The first-order chi connectivity index (χ1) is 7.89. The molecular formula is C12H13F4N.